The minimum absolute atomic E-state index is 0.0529. The molecule has 33 heavy (non-hydrogen) atoms. The van der Waals surface area contributed by atoms with Gasteiger partial charge in [-0.25, -0.2) is 0 Å². The van der Waals surface area contributed by atoms with Crippen LogP contribution in [0, 0.1) is 0 Å². The van der Waals surface area contributed by atoms with Gasteiger partial charge in [0.15, 0.2) is 11.5 Å². The number of aliphatic hydroxyl groups excluding tert-OH is 1. The van der Waals surface area contributed by atoms with Gasteiger partial charge in [0.2, 0.25) is 6.79 Å². The number of hydrogen-bond donors (Lipinski definition) is 1. The molecule has 3 aromatic carbocycles. The van der Waals surface area contributed by atoms with Crippen LogP contribution in [-0.4, -0.2) is 35.6 Å². The summed E-state index contributed by atoms with van der Waals surface area (Å²) < 4.78 is 16.1. The van der Waals surface area contributed by atoms with Crippen LogP contribution in [0.2, 0.25) is 0 Å². The minimum Gasteiger partial charge on any atom is -0.507 e. The predicted octanol–water partition coefficient (Wildman–Crippen LogP) is 4.05. The van der Waals surface area contributed by atoms with Crippen molar-refractivity contribution >= 4 is 17.4 Å². The molecule has 0 aromatic heterocycles. The maximum absolute atomic E-state index is 13.1. The van der Waals surface area contributed by atoms with E-state index in [9.17, 15) is 14.7 Å². The first-order valence-corrected chi connectivity index (χ1v) is 10.4. The molecule has 7 heteroatoms. The van der Waals surface area contributed by atoms with Gasteiger partial charge in [-0.05, 0) is 35.4 Å². The van der Waals surface area contributed by atoms with E-state index in [1.165, 1.54) is 4.90 Å². The predicted molar refractivity (Wildman–Crippen MR) is 120 cm³/mol. The SMILES string of the molecule is COc1ccc(C2/C(=C(\O)c3ccccc3)C(=O)C(=O)N2Cc2ccc3c(c2)OCO3)cc1. The number of rotatable bonds is 5. The Morgan fingerprint density at radius 3 is 2.45 bits per heavy atom. The van der Waals surface area contributed by atoms with Crippen LogP contribution >= 0.6 is 0 Å². The molecule has 3 aromatic rings. The standard InChI is InChI=1S/C26H21NO6/c1-31-19-10-8-17(9-11-19)23-22(24(28)18-5-3-2-4-6-18)25(29)26(30)27(23)14-16-7-12-20-21(13-16)33-15-32-20/h2-13,23,28H,14-15H2,1H3/b24-22+. The summed E-state index contributed by atoms with van der Waals surface area (Å²) in [5.41, 5.74) is 1.99. The summed E-state index contributed by atoms with van der Waals surface area (Å²) in [6.07, 6.45) is 0. The van der Waals surface area contributed by atoms with Crippen molar-refractivity contribution in [3.8, 4) is 17.2 Å². The van der Waals surface area contributed by atoms with Gasteiger partial charge in [0, 0.05) is 12.1 Å². The Bertz CT molecular complexity index is 1250. The van der Waals surface area contributed by atoms with Crippen LogP contribution in [0.25, 0.3) is 5.76 Å². The maximum atomic E-state index is 13.1. The summed E-state index contributed by atoms with van der Waals surface area (Å²) in [6, 6.07) is 20.5. The lowest BCUT2D eigenvalue weighted by Gasteiger charge is -2.25. The topological polar surface area (TPSA) is 85.3 Å². The second-order valence-corrected chi connectivity index (χ2v) is 7.75. The molecule has 1 N–H and O–H groups in total. The zero-order valence-corrected chi connectivity index (χ0v) is 17.9. The molecule has 2 aliphatic rings. The lowest BCUT2D eigenvalue weighted by molar-refractivity contribution is -0.140. The van der Waals surface area contributed by atoms with Crippen LogP contribution in [0.5, 0.6) is 17.2 Å². The van der Waals surface area contributed by atoms with Gasteiger partial charge < -0.3 is 24.2 Å². The van der Waals surface area contributed by atoms with Crippen molar-refractivity contribution in [1.29, 1.82) is 0 Å². The summed E-state index contributed by atoms with van der Waals surface area (Å²) in [5.74, 6) is 0.271. The number of benzene rings is 3. The third kappa shape index (κ3) is 3.67. The zero-order valence-electron chi connectivity index (χ0n) is 17.9. The van der Waals surface area contributed by atoms with Crippen LogP contribution in [-0.2, 0) is 16.1 Å². The molecule has 166 valence electrons. The number of carbonyl (C=O) groups is 2. The Labute approximate surface area is 190 Å². The molecule has 0 spiro atoms. The normalized spacial score (nSPS) is 18.6. The van der Waals surface area contributed by atoms with E-state index in [0.29, 0.717) is 28.4 Å². The number of hydrogen-bond acceptors (Lipinski definition) is 6. The number of Topliss-reactive ketones (excluding diaryl/α,β-unsaturated/α-hetero) is 1. The molecule has 5 rings (SSSR count). The van der Waals surface area contributed by atoms with E-state index in [-0.39, 0.29) is 24.7 Å². The third-order valence-electron chi connectivity index (χ3n) is 5.81. The first kappa shape index (κ1) is 20.6. The van der Waals surface area contributed by atoms with Crippen molar-refractivity contribution in [2.24, 2.45) is 0 Å². The Hall–Kier alpha value is -4.26. The molecule has 0 saturated carbocycles. The highest BCUT2D eigenvalue weighted by atomic mass is 16.7. The fraction of sp³-hybridized carbons (Fsp3) is 0.154. The van der Waals surface area contributed by atoms with Gasteiger partial charge in [0.25, 0.3) is 11.7 Å². The fourth-order valence-electron chi connectivity index (χ4n) is 4.16. The average Bonchev–Trinajstić information content (AvgIpc) is 3.42. The van der Waals surface area contributed by atoms with Crippen molar-refractivity contribution in [1.82, 2.24) is 4.90 Å². The monoisotopic (exact) mass is 443 g/mol. The van der Waals surface area contributed by atoms with Crippen molar-refractivity contribution in [3.05, 3.63) is 95.1 Å². The van der Waals surface area contributed by atoms with E-state index < -0.39 is 17.7 Å². The molecule has 1 saturated heterocycles. The van der Waals surface area contributed by atoms with Gasteiger partial charge >= 0.3 is 0 Å². The second kappa shape index (κ2) is 8.35. The number of fused-ring (bicyclic) bond motifs is 1. The number of amides is 1. The molecule has 2 heterocycles. The van der Waals surface area contributed by atoms with E-state index in [1.54, 1.807) is 67.8 Å². The average molecular weight is 443 g/mol. The second-order valence-electron chi connectivity index (χ2n) is 7.75. The number of nitrogens with zero attached hydrogens (tertiary/aromatic N) is 1. The molecule has 1 unspecified atom stereocenters. The maximum Gasteiger partial charge on any atom is 0.295 e. The number of ketones is 1. The molecular weight excluding hydrogens is 422 g/mol. The number of likely N-dealkylation sites (tertiary alicyclic amines) is 1. The van der Waals surface area contributed by atoms with Crippen molar-refractivity contribution in [2.75, 3.05) is 13.9 Å². The van der Waals surface area contributed by atoms with Gasteiger partial charge in [0.1, 0.15) is 11.5 Å². The Kier molecular flexibility index (Phi) is 5.22. The molecule has 0 aliphatic carbocycles. The van der Waals surface area contributed by atoms with Crippen molar-refractivity contribution in [2.45, 2.75) is 12.6 Å². The van der Waals surface area contributed by atoms with Gasteiger partial charge in [-0.2, -0.15) is 0 Å². The molecule has 7 nitrogen and oxygen atoms in total. The van der Waals surface area contributed by atoms with Gasteiger partial charge in [-0.15, -0.1) is 0 Å². The third-order valence-corrected chi connectivity index (χ3v) is 5.81. The lowest BCUT2D eigenvalue weighted by Crippen LogP contribution is -2.29. The zero-order chi connectivity index (χ0) is 22.9. The van der Waals surface area contributed by atoms with Crippen LogP contribution < -0.4 is 14.2 Å². The molecule has 1 amide bonds. The number of ether oxygens (including phenoxy) is 3. The van der Waals surface area contributed by atoms with Crippen LogP contribution in [0.1, 0.15) is 22.7 Å². The highest BCUT2D eigenvalue weighted by Crippen LogP contribution is 2.41. The molecule has 2 aliphatic heterocycles. The van der Waals surface area contributed by atoms with Gasteiger partial charge in [-0.3, -0.25) is 9.59 Å². The Morgan fingerprint density at radius 2 is 1.73 bits per heavy atom. The smallest absolute Gasteiger partial charge is 0.295 e. The van der Waals surface area contributed by atoms with E-state index in [4.69, 9.17) is 14.2 Å². The van der Waals surface area contributed by atoms with E-state index in [0.717, 1.165) is 5.56 Å². The largest absolute Gasteiger partial charge is 0.507 e. The first-order chi connectivity index (χ1) is 16.1. The molecule has 1 atom stereocenters. The number of aliphatic hydroxyl groups is 1. The molecular formula is C26H21NO6. The number of carbonyl (C=O) groups excluding carboxylic acids is 2. The highest BCUT2D eigenvalue weighted by molar-refractivity contribution is 6.46. The molecule has 0 radical (unpaired) electrons. The van der Waals surface area contributed by atoms with Crippen LogP contribution in [0.15, 0.2) is 78.4 Å². The van der Waals surface area contributed by atoms with Gasteiger partial charge in [-0.1, -0.05) is 48.5 Å². The first-order valence-electron chi connectivity index (χ1n) is 10.4. The summed E-state index contributed by atoms with van der Waals surface area (Å²) >= 11 is 0. The number of methoxy groups -OCH3 is 1. The van der Waals surface area contributed by atoms with Crippen LogP contribution in [0.4, 0.5) is 0 Å². The highest BCUT2D eigenvalue weighted by Gasteiger charge is 2.46. The van der Waals surface area contributed by atoms with E-state index in [2.05, 4.69) is 0 Å². The summed E-state index contributed by atoms with van der Waals surface area (Å²) in [4.78, 5) is 27.8. The molecule has 1 fully saturated rings. The Balaban J connectivity index is 1.60. The Morgan fingerprint density at radius 1 is 1.00 bits per heavy atom. The summed E-state index contributed by atoms with van der Waals surface area (Å²) in [5, 5.41) is 11.1. The fourth-order valence-corrected chi connectivity index (χ4v) is 4.16. The van der Waals surface area contributed by atoms with E-state index in [1.807, 2.05) is 12.1 Å². The van der Waals surface area contributed by atoms with Crippen molar-refractivity contribution in [3.63, 3.8) is 0 Å². The minimum atomic E-state index is -0.762. The summed E-state index contributed by atoms with van der Waals surface area (Å²) in [7, 11) is 1.57. The van der Waals surface area contributed by atoms with Gasteiger partial charge in [0.05, 0.1) is 18.7 Å². The quantitative estimate of drug-likeness (QED) is 0.364. The molecule has 0 bridgehead atoms. The van der Waals surface area contributed by atoms with Crippen molar-refractivity contribution < 1.29 is 28.9 Å². The lowest BCUT2D eigenvalue weighted by atomic mass is 9.95. The summed E-state index contributed by atoms with van der Waals surface area (Å²) in [6.45, 7) is 0.301. The van der Waals surface area contributed by atoms with Crippen LogP contribution in [0.3, 0.4) is 0 Å². The van der Waals surface area contributed by atoms with E-state index >= 15 is 0 Å².